The van der Waals surface area contributed by atoms with E-state index >= 15 is 0 Å². The van der Waals surface area contributed by atoms with Crippen LogP contribution in [0.2, 0.25) is 0 Å². The Kier molecular flexibility index (Phi) is 50.8. The molecule has 0 aromatic carbocycles. The molecule has 0 aliphatic carbocycles. The van der Waals surface area contributed by atoms with Crippen LogP contribution in [-0.4, -0.2) is 37.2 Å². The maximum absolute atomic E-state index is 12.8. The zero-order chi connectivity index (χ0) is 45.8. The number of carbonyl (C=O) groups is 3. The summed E-state index contributed by atoms with van der Waals surface area (Å²) in [6.07, 6.45) is 60.2. The van der Waals surface area contributed by atoms with Crippen LogP contribution in [0, 0.1) is 0 Å². The highest BCUT2D eigenvalue weighted by atomic mass is 16.6. The summed E-state index contributed by atoms with van der Waals surface area (Å²) in [7, 11) is 0. The maximum atomic E-state index is 12.8. The average Bonchev–Trinajstić information content (AvgIpc) is 3.28. The molecule has 0 spiro atoms. The second kappa shape index (κ2) is 52.5. The fraction of sp³-hybridized carbons (Fsp3) is 0.877. The third-order valence-corrected chi connectivity index (χ3v) is 12.4. The van der Waals surface area contributed by atoms with E-state index in [0.29, 0.717) is 19.3 Å². The number of allylic oxidation sites excluding steroid dienone is 4. The van der Waals surface area contributed by atoms with Crippen LogP contribution in [0.3, 0.4) is 0 Å². The van der Waals surface area contributed by atoms with Gasteiger partial charge >= 0.3 is 17.9 Å². The zero-order valence-electron chi connectivity index (χ0n) is 42.4. The van der Waals surface area contributed by atoms with Crippen molar-refractivity contribution < 1.29 is 28.6 Å². The van der Waals surface area contributed by atoms with Crippen molar-refractivity contribution in [1.82, 2.24) is 0 Å². The van der Waals surface area contributed by atoms with E-state index in [1.807, 2.05) is 0 Å². The Morgan fingerprint density at radius 3 is 0.794 bits per heavy atom. The summed E-state index contributed by atoms with van der Waals surface area (Å²) in [6, 6.07) is 0. The Morgan fingerprint density at radius 2 is 0.524 bits per heavy atom. The predicted octanol–water partition coefficient (Wildman–Crippen LogP) is 18.3. The molecule has 6 heteroatoms. The predicted molar refractivity (Wildman–Crippen MR) is 270 cm³/mol. The molecule has 0 saturated carbocycles. The van der Waals surface area contributed by atoms with E-state index in [2.05, 4.69) is 45.1 Å². The fourth-order valence-electron chi connectivity index (χ4n) is 8.20. The Labute approximate surface area is 392 Å². The van der Waals surface area contributed by atoms with Crippen molar-refractivity contribution in [2.75, 3.05) is 13.2 Å². The first kappa shape index (κ1) is 60.9. The Morgan fingerprint density at radius 1 is 0.302 bits per heavy atom. The van der Waals surface area contributed by atoms with Crippen LogP contribution >= 0.6 is 0 Å². The third kappa shape index (κ3) is 50.7. The van der Waals surface area contributed by atoms with Gasteiger partial charge in [0.15, 0.2) is 6.10 Å². The van der Waals surface area contributed by atoms with E-state index in [9.17, 15) is 14.4 Å². The van der Waals surface area contributed by atoms with E-state index in [4.69, 9.17) is 14.2 Å². The van der Waals surface area contributed by atoms with Crippen molar-refractivity contribution in [3.05, 3.63) is 24.3 Å². The minimum Gasteiger partial charge on any atom is -0.462 e. The summed E-state index contributed by atoms with van der Waals surface area (Å²) in [4.78, 5) is 38.1. The molecule has 1 atom stereocenters. The lowest BCUT2D eigenvalue weighted by Crippen LogP contribution is -2.30. The van der Waals surface area contributed by atoms with Gasteiger partial charge in [-0.15, -0.1) is 0 Å². The standard InChI is InChI=1S/C57H106O6/c1-4-7-10-13-16-19-22-25-28-30-32-35-38-41-44-47-50-56(59)62-53-54(52-61-55(58)49-46-43-40-37-34-31-27-24-21-18-15-12-9-6-3)63-57(60)51-48-45-42-39-36-33-29-26-23-20-17-14-11-8-5-2/h26,28-30,54H,4-25,27,31-53H2,1-3H3/b29-26-,30-28-/t54-/m1/s1. The maximum Gasteiger partial charge on any atom is 0.306 e. The van der Waals surface area contributed by atoms with Crippen molar-refractivity contribution in [2.45, 2.75) is 309 Å². The van der Waals surface area contributed by atoms with Crippen molar-refractivity contribution in [3.63, 3.8) is 0 Å². The molecule has 0 heterocycles. The van der Waals surface area contributed by atoms with E-state index in [1.165, 1.54) is 193 Å². The van der Waals surface area contributed by atoms with Gasteiger partial charge in [0.05, 0.1) is 0 Å². The van der Waals surface area contributed by atoms with Crippen molar-refractivity contribution >= 4 is 17.9 Å². The highest BCUT2D eigenvalue weighted by molar-refractivity contribution is 5.71. The Balaban J connectivity index is 4.36. The van der Waals surface area contributed by atoms with Crippen molar-refractivity contribution in [1.29, 1.82) is 0 Å². The van der Waals surface area contributed by atoms with Crippen LogP contribution in [0.4, 0.5) is 0 Å². The molecule has 0 aliphatic rings. The van der Waals surface area contributed by atoms with Crippen molar-refractivity contribution in [2.24, 2.45) is 0 Å². The summed E-state index contributed by atoms with van der Waals surface area (Å²) in [5.41, 5.74) is 0. The molecule has 0 aliphatic heterocycles. The van der Waals surface area contributed by atoms with Gasteiger partial charge in [-0.2, -0.15) is 0 Å². The number of hydrogen-bond donors (Lipinski definition) is 0. The molecular formula is C57H106O6. The summed E-state index contributed by atoms with van der Waals surface area (Å²) < 4.78 is 16.8. The molecule has 0 rings (SSSR count). The number of ether oxygens (including phenoxy) is 3. The monoisotopic (exact) mass is 887 g/mol. The van der Waals surface area contributed by atoms with Crippen molar-refractivity contribution in [3.8, 4) is 0 Å². The minimum absolute atomic E-state index is 0.0731. The van der Waals surface area contributed by atoms with E-state index < -0.39 is 6.10 Å². The normalized spacial score (nSPS) is 12.1. The first-order valence-electron chi connectivity index (χ1n) is 27.8. The van der Waals surface area contributed by atoms with Crippen LogP contribution in [0.25, 0.3) is 0 Å². The van der Waals surface area contributed by atoms with Gasteiger partial charge in [-0.05, 0) is 70.6 Å². The first-order chi connectivity index (χ1) is 31.0. The lowest BCUT2D eigenvalue weighted by atomic mass is 10.0. The molecule has 0 amide bonds. The molecule has 0 fully saturated rings. The number of esters is 3. The summed E-state index contributed by atoms with van der Waals surface area (Å²) in [5, 5.41) is 0. The second-order valence-corrected chi connectivity index (χ2v) is 18.8. The molecule has 0 saturated heterocycles. The van der Waals surface area contributed by atoms with Crippen LogP contribution < -0.4 is 0 Å². The summed E-state index contributed by atoms with van der Waals surface area (Å²) in [5.74, 6) is -0.873. The highest BCUT2D eigenvalue weighted by Crippen LogP contribution is 2.16. The van der Waals surface area contributed by atoms with Crippen LogP contribution in [0.15, 0.2) is 24.3 Å². The molecule has 6 nitrogen and oxygen atoms in total. The number of rotatable bonds is 51. The van der Waals surface area contributed by atoms with Gasteiger partial charge in [0.2, 0.25) is 0 Å². The van der Waals surface area contributed by atoms with Crippen LogP contribution in [-0.2, 0) is 28.6 Å². The van der Waals surface area contributed by atoms with Gasteiger partial charge in [-0.25, -0.2) is 0 Å². The summed E-state index contributed by atoms with van der Waals surface area (Å²) >= 11 is 0. The molecule has 370 valence electrons. The highest BCUT2D eigenvalue weighted by Gasteiger charge is 2.19. The third-order valence-electron chi connectivity index (χ3n) is 12.4. The van der Waals surface area contributed by atoms with Gasteiger partial charge < -0.3 is 14.2 Å². The van der Waals surface area contributed by atoms with Gasteiger partial charge in [0.1, 0.15) is 13.2 Å². The Hall–Kier alpha value is -2.11. The Bertz CT molecular complexity index is 1020. The average molecular weight is 887 g/mol. The molecule has 0 unspecified atom stereocenters. The van der Waals surface area contributed by atoms with Crippen LogP contribution in [0.5, 0.6) is 0 Å². The van der Waals surface area contributed by atoms with E-state index in [0.717, 1.165) is 70.6 Å². The molecule has 0 aromatic heterocycles. The molecule has 0 bridgehead atoms. The van der Waals surface area contributed by atoms with E-state index in [1.54, 1.807) is 0 Å². The first-order valence-corrected chi connectivity index (χ1v) is 27.8. The SMILES string of the molecule is CCCCCCCC/C=C\CCCCCCCC(=O)O[C@@H](COC(=O)CCCCCCC/C=C\CCCCCCCCC)COC(=O)CCCCCCCCCCCCCCCC. The number of unbranched alkanes of at least 4 members (excludes halogenated alkanes) is 36. The minimum atomic E-state index is -0.774. The van der Waals surface area contributed by atoms with Gasteiger partial charge in [0.25, 0.3) is 0 Å². The molecule has 0 N–H and O–H groups in total. The second-order valence-electron chi connectivity index (χ2n) is 18.8. The van der Waals surface area contributed by atoms with Gasteiger partial charge in [0, 0.05) is 19.3 Å². The summed E-state index contributed by atoms with van der Waals surface area (Å²) in [6.45, 7) is 6.65. The quantitative estimate of drug-likeness (QED) is 0.0262. The lowest BCUT2D eigenvalue weighted by molar-refractivity contribution is -0.167. The lowest BCUT2D eigenvalue weighted by Gasteiger charge is -2.18. The molecule has 0 radical (unpaired) electrons. The van der Waals surface area contributed by atoms with E-state index in [-0.39, 0.29) is 31.1 Å². The molecular weight excluding hydrogens is 781 g/mol. The largest absolute Gasteiger partial charge is 0.462 e. The number of carbonyl (C=O) groups excluding carboxylic acids is 3. The molecule has 63 heavy (non-hydrogen) atoms. The zero-order valence-corrected chi connectivity index (χ0v) is 42.4. The topological polar surface area (TPSA) is 78.9 Å². The van der Waals surface area contributed by atoms with Gasteiger partial charge in [-0.1, -0.05) is 238 Å². The van der Waals surface area contributed by atoms with Crippen LogP contribution in [0.1, 0.15) is 303 Å². The van der Waals surface area contributed by atoms with Gasteiger partial charge in [-0.3, -0.25) is 14.4 Å². The fourth-order valence-corrected chi connectivity index (χ4v) is 8.20. The molecule has 0 aromatic rings. The number of hydrogen-bond acceptors (Lipinski definition) is 6. The smallest absolute Gasteiger partial charge is 0.306 e.